The predicted octanol–water partition coefficient (Wildman–Crippen LogP) is 3.66. The first-order valence-electron chi connectivity index (χ1n) is 21.1. The first kappa shape index (κ1) is 37.7. The summed E-state index contributed by atoms with van der Waals surface area (Å²) in [5, 5.41) is 0. The summed E-state index contributed by atoms with van der Waals surface area (Å²) >= 11 is 0. The van der Waals surface area contributed by atoms with E-state index in [-0.39, 0.29) is 59.9 Å². The van der Waals surface area contributed by atoms with Crippen LogP contribution in [0, 0.1) is 23.7 Å². The molecule has 4 bridgehead atoms. The molecule has 2 aromatic carbocycles. The summed E-state index contributed by atoms with van der Waals surface area (Å²) in [6.45, 7) is 11.1. The van der Waals surface area contributed by atoms with Gasteiger partial charge >= 0.3 is 11.9 Å². The van der Waals surface area contributed by atoms with Crippen molar-refractivity contribution >= 4 is 23.8 Å². The minimum absolute atomic E-state index is 0.0789. The Kier molecular flexibility index (Phi) is 10.2. The van der Waals surface area contributed by atoms with Crippen LogP contribution in [-0.2, 0) is 51.2 Å². The molecule has 0 aliphatic carbocycles. The molecule has 0 radical (unpaired) electrons. The molecule has 8 saturated heterocycles. The number of amides is 2. The Morgan fingerprint density at radius 1 is 0.607 bits per heavy atom. The molecule has 8 aliphatic rings. The standard InChI is InChI=1S/2C22H28N2O4/c2*1-2-27-21(26)18-16-8-10-22(28-16)17-9-11-23(14-15-6-4-3-5-7-15)12-13-24(17)20(25)19(18)22/h2*3-7,16-19H,2,8-14H2,1H3/t2*16-,17-,18-,19+,22-/m10/s1. The quantitative estimate of drug-likeness (QED) is 0.369. The Labute approximate surface area is 329 Å². The molecule has 56 heavy (non-hydrogen) atoms. The highest BCUT2D eigenvalue weighted by atomic mass is 16.6. The molecule has 2 aromatic rings. The van der Waals surface area contributed by atoms with Crippen molar-refractivity contribution in [3.8, 4) is 0 Å². The molecule has 0 N–H and O–H groups in total. The van der Waals surface area contributed by atoms with Crippen molar-refractivity contribution in [2.75, 3.05) is 52.5 Å². The van der Waals surface area contributed by atoms with E-state index in [2.05, 4.69) is 58.3 Å². The van der Waals surface area contributed by atoms with Gasteiger partial charge in [-0.2, -0.15) is 0 Å². The first-order chi connectivity index (χ1) is 27.3. The number of fused-ring (bicyclic) bond motifs is 4. The SMILES string of the molecule is CCOC(=O)[C@H]1[C@@H]2CC[C@]3(O2)[C@@H]2CCN(Cc4ccccc4)CCN2C(=O)[C@@H]13.CCOC(=O)[C@H]1[C@H]2C(=O)N3CCN(Cc4ccccc4)CC[C@@H]3[C@]23CC[C@H]1O3. The summed E-state index contributed by atoms with van der Waals surface area (Å²) in [5.41, 5.74) is 1.63. The number of nitrogens with zero attached hydrogens (tertiary/aromatic N) is 4. The molecular formula is C44H56N4O8. The Morgan fingerprint density at radius 2 is 1.02 bits per heavy atom. The summed E-state index contributed by atoms with van der Waals surface area (Å²) in [6, 6.07) is 21.1. The lowest BCUT2D eigenvalue weighted by molar-refractivity contribution is -0.154. The lowest BCUT2D eigenvalue weighted by atomic mass is 9.70. The zero-order chi connectivity index (χ0) is 38.6. The van der Waals surface area contributed by atoms with Crippen molar-refractivity contribution in [3.63, 3.8) is 0 Å². The number of carbonyl (C=O) groups is 4. The Balaban J connectivity index is 0.000000146. The lowest BCUT2D eigenvalue weighted by Crippen LogP contribution is -2.46. The van der Waals surface area contributed by atoms with E-state index in [0.717, 1.165) is 77.8 Å². The minimum Gasteiger partial charge on any atom is -0.466 e. The van der Waals surface area contributed by atoms with E-state index in [9.17, 15) is 19.2 Å². The first-order valence-corrected chi connectivity index (χ1v) is 21.1. The van der Waals surface area contributed by atoms with E-state index in [1.54, 1.807) is 0 Å². The van der Waals surface area contributed by atoms with Crippen LogP contribution in [0.25, 0.3) is 0 Å². The third-order valence-corrected chi connectivity index (χ3v) is 14.3. The average Bonchev–Trinajstić information content (AvgIpc) is 4.00. The van der Waals surface area contributed by atoms with E-state index in [1.165, 1.54) is 11.1 Å². The van der Waals surface area contributed by atoms with Gasteiger partial charge in [-0.3, -0.25) is 29.0 Å². The summed E-state index contributed by atoms with van der Waals surface area (Å²) in [6.07, 6.45) is 4.96. The van der Waals surface area contributed by atoms with Gasteiger partial charge in [-0.1, -0.05) is 60.7 Å². The molecule has 10 rings (SSSR count). The average molecular weight is 769 g/mol. The van der Waals surface area contributed by atoms with Gasteiger partial charge in [0.2, 0.25) is 11.8 Å². The normalized spacial score (nSPS) is 36.9. The summed E-state index contributed by atoms with van der Waals surface area (Å²) in [5.74, 6) is -1.85. The maximum atomic E-state index is 13.4. The van der Waals surface area contributed by atoms with E-state index >= 15 is 0 Å². The van der Waals surface area contributed by atoms with Gasteiger partial charge in [-0.25, -0.2) is 0 Å². The zero-order valence-corrected chi connectivity index (χ0v) is 32.8. The van der Waals surface area contributed by atoms with Crippen LogP contribution in [-0.4, -0.2) is 131 Å². The smallest absolute Gasteiger partial charge is 0.312 e. The molecule has 8 aliphatic heterocycles. The van der Waals surface area contributed by atoms with E-state index in [0.29, 0.717) is 26.3 Å². The van der Waals surface area contributed by atoms with Crippen molar-refractivity contribution in [2.24, 2.45) is 23.7 Å². The van der Waals surface area contributed by atoms with Gasteiger partial charge in [0.1, 0.15) is 11.2 Å². The molecule has 2 spiro atoms. The van der Waals surface area contributed by atoms with Gasteiger partial charge in [0, 0.05) is 52.4 Å². The van der Waals surface area contributed by atoms with E-state index in [1.807, 2.05) is 35.8 Å². The summed E-state index contributed by atoms with van der Waals surface area (Å²) in [4.78, 5) is 60.7. The third kappa shape index (κ3) is 6.17. The number of hydrogen-bond donors (Lipinski definition) is 0. The van der Waals surface area contributed by atoms with Crippen LogP contribution in [0.1, 0.15) is 63.5 Å². The fourth-order valence-corrected chi connectivity index (χ4v) is 12.1. The minimum atomic E-state index is -0.484. The van der Waals surface area contributed by atoms with Crippen molar-refractivity contribution in [2.45, 2.75) is 101 Å². The van der Waals surface area contributed by atoms with Crippen LogP contribution in [0.3, 0.4) is 0 Å². The number of benzene rings is 2. The topological polar surface area (TPSA) is 118 Å². The zero-order valence-electron chi connectivity index (χ0n) is 32.8. The summed E-state index contributed by atoms with van der Waals surface area (Å²) < 4.78 is 23.5. The molecule has 8 fully saturated rings. The van der Waals surface area contributed by atoms with Crippen molar-refractivity contribution in [3.05, 3.63) is 71.8 Å². The fourth-order valence-electron chi connectivity index (χ4n) is 12.1. The number of hydrogen-bond acceptors (Lipinski definition) is 10. The highest BCUT2D eigenvalue weighted by Crippen LogP contribution is 2.60. The van der Waals surface area contributed by atoms with Crippen LogP contribution < -0.4 is 0 Å². The molecule has 0 aromatic heterocycles. The van der Waals surface area contributed by atoms with E-state index in [4.69, 9.17) is 18.9 Å². The van der Waals surface area contributed by atoms with Gasteiger partial charge in [0.25, 0.3) is 0 Å². The van der Waals surface area contributed by atoms with Gasteiger partial charge in [0.15, 0.2) is 0 Å². The Bertz CT molecular complexity index is 1670. The second-order valence-corrected chi connectivity index (χ2v) is 17.0. The predicted molar refractivity (Wildman–Crippen MR) is 205 cm³/mol. The van der Waals surface area contributed by atoms with Crippen molar-refractivity contribution < 1.29 is 38.1 Å². The van der Waals surface area contributed by atoms with Crippen molar-refractivity contribution in [1.29, 1.82) is 0 Å². The molecule has 300 valence electrons. The van der Waals surface area contributed by atoms with Crippen LogP contribution >= 0.6 is 0 Å². The molecular weight excluding hydrogens is 713 g/mol. The number of esters is 2. The van der Waals surface area contributed by atoms with Gasteiger partial charge in [-0.15, -0.1) is 0 Å². The lowest BCUT2D eigenvalue weighted by Gasteiger charge is -2.33. The molecule has 8 heterocycles. The highest BCUT2D eigenvalue weighted by molar-refractivity contribution is 5.91. The van der Waals surface area contributed by atoms with Gasteiger partial charge in [-0.05, 0) is 63.5 Å². The number of rotatable bonds is 8. The summed E-state index contributed by atoms with van der Waals surface area (Å²) in [7, 11) is 0. The number of ether oxygens (including phenoxy) is 4. The molecule has 12 nitrogen and oxygen atoms in total. The molecule has 0 unspecified atom stereocenters. The van der Waals surface area contributed by atoms with Crippen LogP contribution in [0.4, 0.5) is 0 Å². The van der Waals surface area contributed by atoms with E-state index < -0.39 is 23.0 Å². The second kappa shape index (κ2) is 15.2. The highest BCUT2D eigenvalue weighted by Gasteiger charge is 2.74. The van der Waals surface area contributed by atoms with Crippen LogP contribution in [0.2, 0.25) is 0 Å². The molecule has 10 atom stereocenters. The van der Waals surface area contributed by atoms with Crippen LogP contribution in [0.15, 0.2) is 60.7 Å². The van der Waals surface area contributed by atoms with Crippen LogP contribution in [0.5, 0.6) is 0 Å². The van der Waals surface area contributed by atoms with Gasteiger partial charge < -0.3 is 28.7 Å². The maximum Gasteiger partial charge on any atom is 0.312 e. The fraction of sp³-hybridized carbons (Fsp3) is 0.636. The second-order valence-electron chi connectivity index (χ2n) is 17.0. The maximum absolute atomic E-state index is 13.4. The Morgan fingerprint density at radius 3 is 1.41 bits per heavy atom. The molecule has 12 heteroatoms. The Hall–Kier alpha value is -3.84. The van der Waals surface area contributed by atoms with Crippen molar-refractivity contribution in [1.82, 2.24) is 19.6 Å². The van der Waals surface area contributed by atoms with Gasteiger partial charge in [0.05, 0.1) is 61.2 Å². The number of carbonyl (C=O) groups excluding carboxylic acids is 4. The largest absolute Gasteiger partial charge is 0.466 e. The monoisotopic (exact) mass is 768 g/mol. The molecule has 0 saturated carbocycles. The third-order valence-electron chi connectivity index (χ3n) is 14.3. The molecule has 2 amide bonds.